The molecule has 2 N–H and O–H groups in total. The van der Waals surface area contributed by atoms with E-state index in [0.29, 0.717) is 6.10 Å². The lowest BCUT2D eigenvalue weighted by atomic mass is 10.1. The van der Waals surface area contributed by atoms with Crippen LogP contribution in [0.5, 0.6) is 0 Å². The summed E-state index contributed by atoms with van der Waals surface area (Å²) >= 11 is 3.49. The van der Waals surface area contributed by atoms with Crippen molar-refractivity contribution in [1.29, 1.82) is 0 Å². The summed E-state index contributed by atoms with van der Waals surface area (Å²) in [6, 6.07) is 6.02. The number of nitrogen functional groups attached to an aromatic ring is 1. The van der Waals surface area contributed by atoms with E-state index < -0.39 is 0 Å². The van der Waals surface area contributed by atoms with Crippen LogP contribution < -0.4 is 10.6 Å². The van der Waals surface area contributed by atoms with Gasteiger partial charge in [0.05, 0.1) is 17.5 Å². The van der Waals surface area contributed by atoms with E-state index in [0.717, 1.165) is 48.4 Å². The minimum Gasteiger partial charge on any atom is -0.397 e. The molecule has 1 aromatic rings. The number of piperidine rings is 1. The monoisotopic (exact) mass is 298 g/mol. The number of ether oxygens (including phenoxy) is 1. The average Bonchev–Trinajstić information content (AvgIpc) is 2.34. The molecule has 1 heterocycles. The first-order valence-electron chi connectivity index (χ1n) is 6.12. The number of hydrogen-bond donors (Lipinski definition) is 1. The maximum atomic E-state index is 6.02. The molecule has 0 spiro atoms. The van der Waals surface area contributed by atoms with Crippen LogP contribution in [0.3, 0.4) is 0 Å². The molecular weight excluding hydrogens is 280 g/mol. The smallest absolute Gasteiger partial charge is 0.0611 e. The molecule has 0 bridgehead atoms. The van der Waals surface area contributed by atoms with Crippen LogP contribution in [0.25, 0.3) is 0 Å². The van der Waals surface area contributed by atoms with Crippen LogP contribution in [0.4, 0.5) is 11.4 Å². The van der Waals surface area contributed by atoms with Crippen molar-refractivity contribution in [2.45, 2.75) is 25.9 Å². The number of benzene rings is 1. The summed E-state index contributed by atoms with van der Waals surface area (Å²) in [6.07, 6.45) is 2.59. The molecule has 4 heteroatoms. The van der Waals surface area contributed by atoms with E-state index in [9.17, 15) is 0 Å². The number of halogens is 1. The standard InChI is InChI=1S/C13H19BrN2O/c1-2-17-11-5-7-16(8-6-11)13-9-10(14)3-4-12(13)15/h3-4,9,11H,2,5-8,15H2,1H3. The topological polar surface area (TPSA) is 38.5 Å². The molecule has 1 aliphatic rings. The summed E-state index contributed by atoms with van der Waals surface area (Å²) in [4.78, 5) is 2.34. The summed E-state index contributed by atoms with van der Waals surface area (Å²) < 4.78 is 6.73. The number of hydrogen-bond acceptors (Lipinski definition) is 3. The number of nitrogens with two attached hydrogens (primary N) is 1. The average molecular weight is 299 g/mol. The lowest BCUT2D eigenvalue weighted by Gasteiger charge is -2.34. The van der Waals surface area contributed by atoms with Gasteiger partial charge in [0, 0.05) is 24.2 Å². The minimum atomic E-state index is 0.421. The fourth-order valence-corrected chi connectivity index (χ4v) is 2.64. The van der Waals surface area contributed by atoms with Gasteiger partial charge >= 0.3 is 0 Å². The molecular formula is C13H19BrN2O. The molecule has 0 radical (unpaired) electrons. The number of nitrogens with zero attached hydrogens (tertiary/aromatic N) is 1. The Labute approximate surface area is 111 Å². The third-order valence-corrected chi connectivity index (χ3v) is 3.67. The fourth-order valence-electron chi connectivity index (χ4n) is 2.29. The van der Waals surface area contributed by atoms with Gasteiger partial charge < -0.3 is 15.4 Å². The first kappa shape index (κ1) is 12.7. The van der Waals surface area contributed by atoms with E-state index in [1.54, 1.807) is 0 Å². The van der Waals surface area contributed by atoms with Crippen molar-refractivity contribution in [3.05, 3.63) is 22.7 Å². The van der Waals surface area contributed by atoms with Crippen molar-refractivity contribution in [3.63, 3.8) is 0 Å². The van der Waals surface area contributed by atoms with Crippen molar-refractivity contribution in [2.24, 2.45) is 0 Å². The van der Waals surface area contributed by atoms with Crippen LogP contribution in [-0.4, -0.2) is 25.8 Å². The van der Waals surface area contributed by atoms with Crippen LogP contribution in [0.15, 0.2) is 22.7 Å². The summed E-state index contributed by atoms with van der Waals surface area (Å²) in [5, 5.41) is 0. The largest absolute Gasteiger partial charge is 0.397 e. The van der Waals surface area contributed by atoms with E-state index >= 15 is 0 Å². The molecule has 0 amide bonds. The van der Waals surface area contributed by atoms with Crippen molar-refractivity contribution >= 4 is 27.3 Å². The molecule has 1 aromatic carbocycles. The van der Waals surface area contributed by atoms with Crippen molar-refractivity contribution in [3.8, 4) is 0 Å². The Bertz CT molecular complexity index is 376. The Morgan fingerprint density at radius 3 is 2.76 bits per heavy atom. The zero-order chi connectivity index (χ0) is 12.3. The first-order chi connectivity index (χ1) is 8.20. The Morgan fingerprint density at radius 1 is 1.41 bits per heavy atom. The van der Waals surface area contributed by atoms with Gasteiger partial charge in [-0.1, -0.05) is 15.9 Å². The maximum Gasteiger partial charge on any atom is 0.0611 e. The van der Waals surface area contributed by atoms with Crippen LogP contribution in [-0.2, 0) is 4.74 Å². The van der Waals surface area contributed by atoms with E-state index in [1.165, 1.54) is 0 Å². The fraction of sp³-hybridized carbons (Fsp3) is 0.538. The second-order valence-electron chi connectivity index (χ2n) is 4.34. The molecule has 1 saturated heterocycles. The highest BCUT2D eigenvalue weighted by Crippen LogP contribution is 2.29. The van der Waals surface area contributed by atoms with Gasteiger partial charge in [-0.25, -0.2) is 0 Å². The second kappa shape index (κ2) is 5.74. The van der Waals surface area contributed by atoms with Crippen LogP contribution in [0.1, 0.15) is 19.8 Å². The van der Waals surface area contributed by atoms with Crippen LogP contribution >= 0.6 is 15.9 Å². The third kappa shape index (κ3) is 3.13. The lowest BCUT2D eigenvalue weighted by Crippen LogP contribution is -2.37. The summed E-state index contributed by atoms with van der Waals surface area (Å²) in [5.41, 5.74) is 8.00. The van der Waals surface area contributed by atoms with Gasteiger partial charge in [0.2, 0.25) is 0 Å². The Morgan fingerprint density at radius 2 is 2.12 bits per heavy atom. The highest BCUT2D eigenvalue weighted by atomic mass is 79.9. The first-order valence-corrected chi connectivity index (χ1v) is 6.91. The van der Waals surface area contributed by atoms with Gasteiger partial charge in [-0.3, -0.25) is 0 Å². The molecule has 1 fully saturated rings. The molecule has 0 aromatic heterocycles. The molecule has 0 atom stereocenters. The minimum absolute atomic E-state index is 0.421. The van der Waals surface area contributed by atoms with Gasteiger partial charge in [-0.15, -0.1) is 0 Å². The molecule has 0 aliphatic carbocycles. The van der Waals surface area contributed by atoms with Gasteiger partial charge in [-0.2, -0.15) is 0 Å². The predicted octanol–water partition coefficient (Wildman–Crippen LogP) is 3.04. The van der Waals surface area contributed by atoms with Gasteiger partial charge in [-0.05, 0) is 38.0 Å². The van der Waals surface area contributed by atoms with Crippen LogP contribution in [0, 0.1) is 0 Å². The summed E-state index contributed by atoms with van der Waals surface area (Å²) in [7, 11) is 0. The molecule has 2 rings (SSSR count). The zero-order valence-electron chi connectivity index (χ0n) is 10.2. The Kier molecular flexibility index (Phi) is 4.29. The molecule has 3 nitrogen and oxygen atoms in total. The van der Waals surface area contributed by atoms with Gasteiger partial charge in [0.15, 0.2) is 0 Å². The maximum absolute atomic E-state index is 6.02. The van der Waals surface area contributed by atoms with Crippen molar-refractivity contribution in [1.82, 2.24) is 0 Å². The SMILES string of the molecule is CCOC1CCN(c2cc(Br)ccc2N)CC1. The van der Waals surface area contributed by atoms with Gasteiger partial charge in [0.1, 0.15) is 0 Å². The highest BCUT2D eigenvalue weighted by Gasteiger charge is 2.20. The van der Waals surface area contributed by atoms with E-state index in [2.05, 4.69) is 33.8 Å². The summed E-state index contributed by atoms with van der Waals surface area (Å²) in [6.45, 7) is 4.90. The van der Waals surface area contributed by atoms with Crippen molar-refractivity contribution in [2.75, 3.05) is 30.3 Å². The molecule has 0 unspecified atom stereocenters. The molecule has 1 aliphatic heterocycles. The number of anilines is 2. The zero-order valence-corrected chi connectivity index (χ0v) is 11.7. The van der Waals surface area contributed by atoms with E-state index in [1.807, 2.05) is 12.1 Å². The van der Waals surface area contributed by atoms with Crippen LogP contribution in [0.2, 0.25) is 0 Å². The highest BCUT2D eigenvalue weighted by molar-refractivity contribution is 9.10. The number of rotatable bonds is 3. The molecule has 17 heavy (non-hydrogen) atoms. The quantitative estimate of drug-likeness (QED) is 0.872. The molecule has 0 saturated carbocycles. The Balaban J connectivity index is 2.02. The lowest BCUT2D eigenvalue weighted by molar-refractivity contribution is 0.0459. The van der Waals surface area contributed by atoms with Crippen molar-refractivity contribution < 1.29 is 4.74 Å². The normalized spacial score (nSPS) is 17.4. The van der Waals surface area contributed by atoms with E-state index in [-0.39, 0.29) is 0 Å². The second-order valence-corrected chi connectivity index (χ2v) is 5.26. The third-order valence-electron chi connectivity index (χ3n) is 3.18. The summed E-state index contributed by atoms with van der Waals surface area (Å²) in [5.74, 6) is 0. The van der Waals surface area contributed by atoms with E-state index in [4.69, 9.17) is 10.5 Å². The predicted molar refractivity (Wildman–Crippen MR) is 75.4 cm³/mol. The Hall–Kier alpha value is -0.740. The molecule has 94 valence electrons. The van der Waals surface area contributed by atoms with Gasteiger partial charge in [0.25, 0.3) is 0 Å².